The number of likely N-dealkylation sites (tertiary alicyclic amines) is 4. The second kappa shape index (κ2) is 6.29. The molecule has 4 rings (SSSR count). The topological polar surface area (TPSA) is 13.0 Å². The molecule has 4 heteroatoms. The highest BCUT2D eigenvalue weighted by atomic mass is 15.4. The summed E-state index contributed by atoms with van der Waals surface area (Å²) in [6.45, 7) is 18.7. The minimum Gasteiger partial charge on any atom is -0.296 e. The van der Waals surface area contributed by atoms with Crippen molar-refractivity contribution in [2.24, 2.45) is 11.8 Å². The van der Waals surface area contributed by atoms with Gasteiger partial charge in [-0.2, -0.15) is 0 Å². The van der Waals surface area contributed by atoms with Crippen molar-refractivity contribution < 1.29 is 0 Å². The summed E-state index contributed by atoms with van der Waals surface area (Å²) < 4.78 is 0. The van der Waals surface area contributed by atoms with Crippen LogP contribution in [-0.2, 0) is 0 Å². The highest BCUT2D eigenvalue weighted by Crippen LogP contribution is 2.35. The largest absolute Gasteiger partial charge is 0.296 e. The highest BCUT2D eigenvalue weighted by Gasteiger charge is 2.45. The Morgan fingerprint density at radius 3 is 1.52 bits per heavy atom. The molecule has 0 saturated carbocycles. The number of fused-ring (bicyclic) bond motifs is 2. The van der Waals surface area contributed by atoms with Crippen molar-refractivity contribution in [2.45, 2.75) is 64.7 Å². The van der Waals surface area contributed by atoms with E-state index in [4.69, 9.17) is 0 Å². The van der Waals surface area contributed by atoms with Crippen molar-refractivity contribution in [3.8, 4) is 0 Å². The standard InChI is InChI=1S/C19H36N4/c1-14(2)22-7-5-16-9-20(11-18(16)22)13-21-10-17-6-8-23(15(3)4)19(17)12-21/h14-19H,5-13H2,1-4H3/t16-,17+,18+,19-. The molecule has 0 aliphatic carbocycles. The maximum Gasteiger partial charge on any atom is 0.0507 e. The summed E-state index contributed by atoms with van der Waals surface area (Å²) in [6, 6.07) is 3.11. The molecule has 4 fully saturated rings. The Labute approximate surface area is 142 Å². The van der Waals surface area contributed by atoms with Crippen LogP contribution in [0.15, 0.2) is 0 Å². The van der Waals surface area contributed by atoms with Gasteiger partial charge in [0.05, 0.1) is 6.67 Å². The van der Waals surface area contributed by atoms with Gasteiger partial charge in [0.25, 0.3) is 0 Å². The van der Waals surface area contributed by atoms with Gasteiger partial charge in [-0.15, -0.1) is 0 Å². The van der Waals surface area contributed by atoms with Crippen LogP contribution in [0.5, 0.6) is 0 Å². The van der Waals surface area contributed by atoms with E-state index in [2.05, 4.69) is 47.3 Å². The van der Waals surface area contributed by atoms with E-state index in [-0.39, 0.29) is 0 Å². The van der Waals surface area contributed by atoms with E-state index in [1.165, 1.54) is 58.8 Å². The maximum absolute atomic E-state index is 2.75. The van der Waals surface area contributed by atoms with Crippen LogP contribution >= 0.6 is 0 Å². The molecule has 23 heavy (non-hydrogen) atoms. The summed E-state index contributed by atoms with van der Waals surface area (Å²) in [5, 5.41) is 0. The van der Waals surface area contributed by atoms with Crippen molar-refractivity contribution in [3.05, 3.63) is 0 Å². The molecule has 4 atom stereocenters. The predicted molar refractivity (Wildman–Crippen MR) is 95.5 cm³/mol. The van der Waals surface area contributed by atoms with Crippen molar-refractivity contribution >= 4 is 0 Å². The third-order valence-corrected chi connectivity index (χ3v) is 7.06. The van der Waals surface area contributed by atoms with Gasteiger partial charge >= 0.3 is 0 Å². The molecule has 0 spiro atoms. The van der Waals surface area contributed by atoms with E-state index in [0.29, 0.717) is 0 Å². The summed E-state index contributed by atoms with van der Waals surface area (Å²) in [5.74, 6) is 1.87. The number of hydrogen-bond donors (Lipinski definition) is 0. The van der Waals surface area contributed by atoms with E-state index in [1.54, 1.807) is 0 Å². The smallest absolute Gasteiger partial charge is 0.0507 e. The fourth-order valence-corrected chi connectivity index (χ4v) is 5.96. The van der Waals surface area contributed by atoms with E-state index in [1.807, 2.05) is 0 Å². The van der Waals surface area contributed by atoms with Crippen LogP contribution in [0.25, 0.3) is 0 Å². The molecular formula is C19H36N4. The fraction of sp³-hybridized carbons (Fsp3) is 1.00. The quantitative estimate of drug-likeness (QED) is 0.783. The molecule has 0 aromatic rings. The molecule has 4 aliphatic rings. The van der Waals surface area contributed by atoms with Crippen molar-refractivity contribution in [3.63, 3.8) is 0 Å². The molecule has 4 heterocycles. The molecule has 4 nitrogen and oxygen atoms in total. The second-order valence-electron chi connectivity index (χ2n) is 9.11. The van der Waals surface area contributed by atoms with E-state index in [0.717, 1.165) is 36.0 Å². The average molecular weight is 321 g/mol. The SMILES string of the molecule is CC(C)N1CC[C@H]2CN(CN3C[C@H]4CCN(C(C)C)[C@H]4C3)C[C@H]21. The Kier molecular flexibility index (Phi) is 4.46. The molecule has 0 aromatic carbocycles. The van der Waals surface area contributed by atoms with Crippen molar-refractivity contribution in [2.75, 3.05) is 45.9 Å². The van der Waals surface area contributed by atoms with E-state index in [9.17, 15) is 0 Å². The normalized spacial score (nSPS) is 39.9. The maximum atomic E-state index is 2.75. The zero-order chi connectivity index (χ0) is 16.1. The van der Waals surface area contributed by atoms with Gasteiger partial charge in [0, 0.05) is 50.3 Å². The van der Waals surface area contributed by atoms with Gasteiger partial charge in [0.1, 0.15) is 0 Å². The Balaban J connectivity index is 1.31. The van der Waals surface area contributed by atoms with Crippen LogP contribution in [0.2, 0.25) is 0 Å². The molecule has 132 valence electrons. The average Bonchev–Trinajstić information content (AvgIpc) is 3.16. The van der Waals surface area contributed by atoms with Crippen LogP contribution in [0.3, 0.4) is 0 Å². The van der Waals surface area contributed by atoms with Gasteiger partial charge in [0.2, 0.25) is 0 Å². The Morgan fingerprint density at radius 1 is 0.696 bits per heavy atom. The minimum absolute atomic E-state index is 0.718. The third-order valence-electron chi connectivity index (χ3n) is 7.06. The minimum atomic E-state index is 0.718. The Bertz CT molecular complexity index is 386. The molecule has 4 saturated heterocycles. The lowest BCUT2D eigenvalue weighted by Gasteiger charge is -2.31. The summed E-state index contributed by atoms with van der Waals surface area (Å²) in [4.78, 5) is 11.0. The van der Waals surface area contributed by atoms with Crippen molar-refractivity contribution in [1.82, 2.24) is 19.6 Å². The van der Waals surface area contributed by atoms with Gasteiger partial charge < -0.3 is 0 Å². The zero-order valence-electron chi connectivity index (χ0n) is 15.6. The Hall–Kier alpha value is -0.160. The lowest BCUT2D eigenvalue weighted by atomic mass is 10.0. The summed E-state index contributed by atoms with van der Waals surface area (Å²) in [7, 11) is 0. The first-order valence-electron chi connectivity index (χ1n) is 9.99. The van der Waals surface area contributed by atoms with Gasteiger partial charge in [-0.05, 0) is 65.5 Å². The molecule has 0 aromatic heterocycles. The number of nitrogens with zero attached hydrogens (tertiary/aromatic N) is 4. The lowest BCUT2D eigenvalue weighted by Crippen LogP contribution is -2.43. The van der Waals surface area contributed by atoms with E-state index < -0.39 is 0 Å². The second-order valence-corrected chi connectivity index (χ2v) is 9.11. The molecule has 0 radical (unpaired) electrons. The third kappa shape index (κ3) is 2.97. The molecule has 0 unspecified atom stereocenters. The van der Waals surface area contributed by atoms with Gasteiger partial charge in [-0.3, -0.25) is 19.6 Å². The highest BCUT2D eigenvalue weighted by molar-refractivity contribution is 5.00. The molecule has 0 amide bonds. The van der Waals surface area contributed by atoms with E-state index >= 15 is 0 Å². The summed E-state index contributed by atoms with van der Waals surface area (Å²) >= 11 is 0. The lowest BCUT2D eigenvalue weighted by molar-refractivity contribution is 0.129. The number of hydrogen-bond acceptors (Lipinski definition) is 4. The summed E-state index contributed by atoms with van der Waals surface area (Å²) in [6.07, 6.45) is 2.84. The zero-order valence-corrected chi connectivity index (χ0v) is 15.6. The van der Waals surface area contributed by atoms with Crippen LogP contribution in [0, 0.1) is 11.8 Å². The molecule has 0 bridgehead atoms. The first kappa shape index (κ1) is 16.3. The van der Waals surface area contributed by atoms with Crippen LogP contribution in [0.4, 0.5) is 0 Å². The van der Waals surface area contributed by atoms with Crippen LogP contribution < -0.4 is 0 Å². The predicted octanol–water partition coefficient (Wildman–Crippen LogP) is 1.77. The fourth-order valence-electron chi connectivity index (χ4n) is 5.96. The van der Waals surface area contributed by atoms with Crippen LogP contribution in [0.1, 0.15) is 40.5 Å². The van der Waals surface area contributed by atoms with Crippen molar-refractivity contribution in [1.29, 1.82) is 0 Å². The first-order valence-corrected chi connectivity index (χ1v) is 9.99. The molecule has 4 aliphatic heterocycles. The number of rotatable bonds is 4. The van der Waals surface area contributed by atoms with Gasteiger partial charge in [-0.25, -0.2) is 0 Å². The van der Waals surface area contributed by atoms with Crippen LogP contribution in [-0.4, -0.2) is 89.7 Å². The monoisotopic (exact) mass is 320 g/mol. The first-order chi connectivity index (χ1) is 11.0. The summed E-state index contributed by atoms with van der Waals surface area (Å²) in [5.41, 5.74) is 0. The van der Waals surface area contributed by atoms with Gasteiger partial charge in [0.15, 0.2) is 0 Å². The van der Waals surface area contributed by atoms with Gasteiger partial charge in [-0.1, -0.05) is 0 Å². The Morgan fingerprint density at radius 2 is 1.13 bits per heavy atom. The molecule has 0 N–H and O–H groups in total. The molecular weight excluding hydrogens is 284 g/mol.